The molecule has 4 amide bonds. The molecular weight excluding hydrogens is 528 g/mol. The third kappa shape index (κ3) is 6.41. The summed E-state index contributed by atoms with van der Waals surface area (Å²) >= 11 is 6.01. The zero-order chi connectivity index (χ0) is 29.0. The highest BCUT2D eigenvalue weighted by atomic mass is 35.5. The fraction of sp³-hybridized carbons (Fsp3) is 0.533. The monoisotopic (exact) mass is 568 g/mol. The molecule has 40 heavy (non-hydrogen) atoms. The molecule has 9 nitrogen and oxygen atoms in total. The van der Waals surface area contributed by atoms with Gasteiger partial charge in [-0.3, -0.25) is 9.59 Å². The van der Waals surface area contributed by atoms with E-state index in [0.29, 0.717) is 29.5 Å². The van der Waals surface area contributed by atoms with Gasteiger partial charge in [-0.15, -0.1) is 0 Å². The average molecular weight is 569 g/mol. The fourth-order valence-electron chi connectivity index (χ4n) is 6.06. The molecule has 0 bridgehead atoms. The van der Waals surface area contributed by atoms with Gasteiger partial charge in [0.1, 0.15) is 11.2 Å². The second kappa shape index (κ2) is 13.0. The molecule has 0 aliphatic carbocycles. The van der Waals surface area contributed by atoms with E-state index in [1.807, 2.05) is 30.0 Å². The van der Waals surface area contributed by atoms with E-state index in [1.54, 1.807) is 31.9 Å². The third-order valence-electron chi connectivity index (χ3n) is 8.41. The van der Waals surface area contributed by atoms with Crippen LogP contribution in [0.2, 0.25) is 5.15 Å². The SMILES string of the molecule is CNC(=O)C(C)N1CC(c2ccccc2)N(C2CCN(C(C)CCNC(=O)c3c(C)cc(Cl)nc3C)CC2)C1=O. The largest absolute Gasteiger partial charge is 0.357 e. The maximum absolute atomic E-state index is 13.7. The van der Waals surface area contributed by atoms with Crippen molar-refractivity contribution >= 4 is 29.4 Å². The van der Waals surface area contributed by atoms with Crippen LogP contribution < -0.4 is 10.6 Å². The molecule has 0 radical (unpaired) electrons. The zero-order valence-electron chi connectivity index (χ0n) is 24.1. The summed E-state index contributed by atoms with van der Waals surface area (Å²) in [7, 11) is 1.60. The van der Waals surface area contributed by atoms with E-state index in [2.05, 4.69) is 39.6 Å². The summed E-state index contributed by atoms with van der Waals surface area (Å²) in [6.07, 6.45) is 2.55. The topological polar surface area (TPSA) is 97.9 Å². The van der Waals surface area contributed by atoms with E-state index < -0.39 is 6.04 Å². The molecule has 2 N–H and O–H groups in total. The number of benzene rings is 1. The molecule has 3 unspecified atom stereocenters. The number of likely N-dealkylation sites (N-methyl/N-ethyl adjacent to an activating group) is 1. The Bertz CT molecular complexity index is 1190. The Morgan fingerprint density at radius 1 is 1.12 bits per heavy atom. The van der Waals surface area contributed by atoms with Crippen LogP contribution in [0.25, 0.3) is 0 Å². The van der Waals surface area contributed by atoms with Gasteiger partial charge in [-0.1, -0.05) is 41.9 Å². The number of aryl methyl sites for hydroxylation is 2. The first-order chi connectivity index (χ1) is 19.1. The van der Waals surface area contributed by atoms with Crippen molar-refractivity contribution in [2.45, 2.75) is 71.1 Å². The maximum Gasteiger partial charge on any atom is 0.321 e. The number of nitrogens with zero attached hydrogens (tertiary/aromatic N) is 4. The molecule has 1 aromatic heterocycles. The Morgan fingerprint density at radius 2 is 1.80 bits per heavy atom. The number of hydrogen-bond acceptors (Lipinski definition) is 5. The summed E-state index contributed by atoms with van der Waals surface area (Å²) in [5.74, 6) is -0.282. The van der Waals surface area contributed by atoms with Crippen molar-refractivity contribution in [2.75, 3.05) is 33.2 Å². The van der Waals surface area contributed by atoms with Gasteiger partial charge in [0.05, 0.1) is 17.3 Å². The van der Waals surface area contributed by atoms with Gasteiger partial charge in [-0.25, -0.2) is 9.78 Å². The van der Waals surface area contributed by atoms with Crippen LogP contribution in [0.1, 0.15) is 66.3 Å². The summed E-state index contributed by atoms with van der Waals surface area (Å²) in [5, 5.41) is 6.11. The number of rotatable bonds is 9. The first kappa shape index (κ1) is 29.8. The average Bonchev–Trinajstić information content (AvgIpc) is 3.28. The molecule has 2 aliphatic rings. The van der Waals surface area contributed by atoms with Crippen molar-refractivity contribution in [2.24, 2.45) is 0 Å². The maximum atomic E-state index is 13.7. The minimum Gasteiger partial charge on any atom is -0.357 e. The van der Waals surface area contributed by atoms with E-state index in [0.717, 1.165) is 43.5 Å². The molecule has 2 aromatic rings. The summed E-state index contributed by atoms with van der Waals surface area (Å²) in [4.78, 5) is 49.2. The molecular formula is C30H41ClN6O3. The van der Waals surface area contributed by atoms with Crippen molar-refractivity contribution in [1.29, 1.82) is 0 Å². The zero-order valence-corrected chi connectivity index (χ0v) is 24.9. The van der Waals surface area contributed by atoms with Crippen LogP contribution in [-0.4, -0.2) is 88.9 Å². The van der Waals surface area contributed by atoms with Crippen LogP contribution in [0.4, 0.5) is 4.79 Å². The van der Waals surface area contributed by atoms with Crippen LogP contribution >= 0.6 is 11.6 Å². The molecule has 2 saturated heterocycles. The van der Waals surface area contributed by atoms with Crippen LogP contribution in [0.5, 0.6) is 0 Å². The highest BCUT2D eigenvalue weighted by molar-refractivity contribution is 6.29. The molecule has 4 rings (SSSR count). The summed E-state index contributed by atoms with van der Waals surface area (Å²) in [5.41, 5.74) is 3.13. The quantitative estimate of drug-likeness (QED) is 0.447. The molecule has 2 aliphatic heterocycles. The first-order valence-corrected chi connectivity index (χ1v) is 14.5. The van der Waals surface area contributed by atoms with E-state index in [-0.39, 0.29) is 36.0 Å². The summed E-state index contributed by atoms with van der Waals surface area (Å²) < 4.78 is 0. The van der Waals surface area contributed by atoms with Crippen molar-refractivity contribution < 1.29 is 14.4 Å². The fourth-order valence-corrected chi connectivity index (χ4v) is 6.35. The lowest BCUT2D eigenvalue weighted by atomic mass is 9.98. The number of carbonyl (C=O) groups is 3. The number of likely N-dealkylation sites (tertiary alicyclic amines) is 1. The lowest BCUT2D eigenvalue weighted by Crippen LogP contribution is -2.51. The van der Waals surface area contributed by atoms with Crippen molar-refractivity contribution in [3.8, 4) is 0 Å². The molecule has 1 aromatic carbocycles. The second-order valence-electron chi connectivity index (χ2n) is 10.9. The number of hydrogen-bond donors (Lipinski definition) is 2. The number of carbonyl (C=O) groups excluding carboxylic acids is 3. The standard InChI is InChI=1S/C30H41ClN6O3/c1-19-17-26(31)34-21(3)27(19)29(39)33-14-11-20(2)35-15-12-24(13-16-35)37-25(23-9-7-6-8-10-23)18-36(30(37)40)22(4)28(38)32-5/h6-10,17,20,22,24-25H,11-16,18H2,1-5H3,(H,32,38)(H,33,39). The van der Waals surface area contributed by atoms with Gasteiger partial charge in [-0.05, 0) is 64.2 Å². The lowest BCUT2D eigenvalue weighted by Gasteiger charge is -2.41. The van der Waals surface area contributed by atoms with Gasteiger partial charge in [-0.2, -0.15) is 0 Å². The molecule has 216 valence electrons. The highest BCUT2D eigenvalue weighted by Crippen LogP contribution is 2.36. The molecule has 0 saturated carbocycles. The highest BCUT2D eigenvalue weighted by Gasteiger charge is 2.45. The van der Waals surface area contributed by atoms with Crippen molar-refractivity contribution in [3.05, 3.63) is 63.9 Å². The van der Waals surface area contributed by atoms with Crippen molar-refractivity contribution in [3.63, 3.8) is 0 Å². The number of urea groups is 1. The van der Waals surface area contributed by atoms with Gasteiger partial charge < -0.3 is 25.3 Å². The Kier molecular flexibility index (Phi) is 9.68. The lowest BCUT2D eigenvalue weighted by molar-refractivity contribution is -0.124. The summed E-state index contributed by atoms with van der Waals surface area (Å²) in [6, 6.07) is 11.5. The van der Waals surface area contributed by atoms with E-state index >= 15 is 0 Å². The van der Waals surface area contributed by atoms with E-state index in [1.165, 1.54) is 0 Å². The Morgan fingerprint density at radius 3 is 2.42 bits per heavy atom. The van der Waals surface area contributed by atoms with Gasteiger partial charge in [0, 0.05) is 45.3 Å². The predicted molar refractivity (Wildman–Crippen MR) is 156 cm³/mol. The van der Waals surface area contributed by atoms with Crippen molar-refractivity contribution in [1.82, 2.24) is 30.3 Å². The molecule has 10 heteroatoms. The smallest absolute Gasteiger partial charge is 0.321 e. The number of aromatic nitrogens is 1. The molecule has 3 atom stereocenters. The predicted octanol–water partition coefficient (Wildman–Crippen LogP) is 3.94. The van der Waals surface area contributed by atoms with Gasteiger partial charge in [0.25, 0.3) is 5.91 Å². The van der Waals surface area contributed by atoms with Gasteiger partial charge >= 0.3 is 6.03 Å². The third-order valence-corrected chi connectivity index (χ3v) is 8.60. The normalized spacial score (nSPS) is 19.9. The molecule has 2 fully saturated rings. The van der Waals surface area contributed by atoms with E-state index in [9.17, 15) is 14.4 Å². The first-order valence-electron chi connectivity index (χ1n) is 14.1. The Labute approximate surface area is 242 Å². The summed E-state index contributed by atoms with van der Waals surface area (Å²) in [6.45, 7) is 10.4. The second-order valence-corrected chi connectivity index (χ2v) is 11.3. The number of piperidine rings is 1. The van der Waals surface area contributed by atoms with Gasteiger partial charge in [0.15, 0.2) is 0 Å². The number of nitrogens with one attached hydrogen (secondary N) is 2. The molecule has 0 spiro atoms. The number of pyridine rings is 1. The minimum absolute atomic E-state index is 0.0681. The van der Waals surface area contributed by atoms with Crippen LogP contribution in [0.3, 0.4) is 0 Å². The Balaban J connectivity index is 1.35. The Hall–Kier alpha value is -3.17. The van der Waals surface area contributed by atoms with Crippen LogP contribution in [0, 0.1) is 13.8 Å². The number of amides is 4. The molecule has 3 heterocycles. The number of halogens is 1. The van der Waals surface area contributed by atoms with Crippen LogP contribution in [0.15, 0.2) is 36.4 Å². The van der Waals surface area contributed by atoms with E-state index in [4.69, 9.17) is 11.6 Å². The minimum atomic E-state index is -0.528. The van der Waals surface area contributed by atoms with Crippen LogP contribution in [-0.2, 0) is 4.79 Å². The van der Waals surface area contributed by atoms with Gasteiger partial charge in [0.2, 0.25) is 5.91 Å².